The summed E-state index contributed by atoms with van der Waals surface area (Å²) in [6, 6.07) is 7.90. The van der Waals surface area contributed by atoms with Gasteiger partial charge in [0.25, 0.3) is 0 Å². The van der Waals surface area contributed by atoms with Crippen LogP contribution in [0.3, 0.4) is 0 Å². The highest BCUT2D eigenvalue weighted by Crippen LogP contribution is 2.21. The molecule has 0 radical (unpaired) electrons. The standard InChI is InChI=1S/C13H18N4S/c1-9(8-18-2)7-15-12-10-5-3-4-6-11(10)16-13(14)17-12/h3-6,9H,7-8H2,1-2H3,(H3,14,15,16,17). The Labute approximate surface area is 111 Å². The van der Waals surface area contributed by atoms with Crippen LogP contribution in [0.5, 0.6) is 0 Å². The van der Waals surface area contributed by atoms with Gasteiger partial charge in [-0.3, -0.25) is 0 Å². The number of anilines is 2. The number of nitrogens with one attached hydrogen (secondary N) is 1. The molecule has 96 valence electrons. The molecule has 0 saturated heterocycles. The number of benzene rings is 1. The van der Waals surface area contributed by atoms with Crippen molar-refractivity contribution in [1.82, 2.24) is 9.97 Å². The Balaban J connectivity index is 2.21. The minimum absolute atomic E-state index is 0.314. The van der Waals surface area contributed by atoms with Gasteiger partial charge in [-0.05, 0) is 30.1 Å². The molecule has 2 aromatic rings. The molecular formula is C13H18N4S. The van der Waals surface area contributed by atoms with Gasteiger partial charge in [-0.1, -0.05) is 19.1 Å². The van der Waals surface area contributed by atoms with Crippen molar-refractivity contribution in [1.29, 1.82) is 0 Å². The lowest BCUT2D eigenvalue weighted by molar-refractivity contribution is 0.700. The summed E-state index contributed by atoms with van der Waals surface area (Å²) in [6.45, 7) is 3.11. The summed E-state index contributed by atoms with van der Waals surface area (Å²) in [7, 11) is 0. The van der Waals surface area contributed by atoms with Gasteiger partial charge in [0.1, 0.15) is 5.82 Å². The molecule has 2 rings (SSSR count). The molecular weight excluding hydrogens is 244 g/mol. The molecule has 1 aromatic heterocycles. The van der Waals surface area contributed by atoms with Gasteiger partial charge in [-0.2, -0.15) is 16.7 Å². The maximum Gasteiger partial charge on any atom is 0.222 e. The molecule has 1 aromatic carbocycles. The summed E-state index contributed by atoms with van der Waals surface area (Å²) in [4.78, 5) is 8.50. The summed E-state index contributed by atoms with van der Waals surface area (Å²) in [5.74, 6) is 2.86. The molecule has 1 unspecified atom stereocenters. The smallest absolute Gasteiger partial charge is 0.222 e. The van der Waals surface area contributed by atoms with Crippen LogP contribution in [0, 0.1) is 5.92 Å². The topological polar surface area (TPSA) is 63.8 Å². The van der Waals surface area contributed by atoms with Crippen LogP contribution >= 0.6 is 11.8 Å². The maximum atomic E-state index is 5.72. The zero-order chi connectivity index (χ0) is 13.0. The molecule has 0 saturated carbocycles. The van der Waals surface area contributed by atoms with Crippen molar-refractivity contribution in [2.75, 3.05) is 29.6 Å². The van der Waals surface area contributed by atoms with Gasteiger partial charge in [0.05, 0.1) is 5.52 Å². The van der Waals surface area contributed by atoms with E-state index in [4.69, 9.17) is 5.73 Å². The molecule has 0 aliphatic carbocycles. The summed E-state index contributed by atoms with van der Waals surface area (Å²) in [5, 5.41) is 4.39. The fourth-order valence-electron chi connectivity index (χ4n) is 1.84. The van der Waals surface area contributed by atoms with Gasteiger partial charge >= 0.3 is 0 Å². The number of rotatable bonds is 5. The second-order valence-corrected chi connectivity index (χ2v) is 5.30. The number of nitrogens with zero attached hydrogens (tertiary/aromatic N) is 2. The number of nitrogen functional groups attached to an aromatic ring is 1. The van der Waals surface area contributed by atoms with E-state index in [1.807, 2.05) is 36.0 Å². The fourth-order valence-corrected chi connectivity index (χ4v) is 2.53. The van der Waals surface area contributed by atoms with Gasteiger partial charge < -0.3 is 11.1 Å². The zero-order valence-corrected chi connectivity index (χ0v) is 11.5. The van der Waals surface area contributed by atoms with Crippen LogP contribution in [0.25, 0.3) is 10.9 Å². The van der Waals surface area contributed by atoms with Gasteiger partial charge in [0.15, 0.2) is 0 Å². The average Bonchev–Trinajstić information content (AvgIpc) is 2.36. The Hall–Kier alpha value is -1.49. The molecule has 3 N–H and O–H groups in total. The Morgan fingerprint density at radius 1 is 1.33 bits per heavy atom. The molecule has 5 heteroatoms. The lowest BCUT2D eigenvalue weighted by atomic mass is 10.2. The zero-order valence-electron chi connectivity index (χ0n) is 10.7. The van der Waals surface area contributed by atoms with E-state index in [1.165, 1.54) is 0 Å². The Morgan fingerprint density at radius 3 is 2.89 bits per heavy atom. The number of aromatic nitrogens is 2. The first-order valence-corrected chi connectivity index (χ1v) is 7.35. The second kappa shape index (κ2) is 5.91. The third-order valence-electron chi connectivity index (χ3n) is 2.69. The Kier molecular flexibility index (Phi) is 4.25. The molecule has 0 amide bonds. The van der Waals surface area contributed by atoms with E-state index in [0.29, 0.717) is 11.9 Å². The first-order chi connectivity index (χ1) is 8.70. The molecule has 0 bridgehead atoms. The fraction of sp³-hybridized carbons (Fsp3) is 0.385. The maximum absolute atomic E-state index is 5.72. The van der Waals surface area contributed by atoms with Gasteiger partial charge in [-0.15, -0.1) is 0 Å². The largest absolute Gasteiger partial charge is 0.369 e. The van der Waals surface area contributed by atoms with E-state index >= 15 is 0 Å². The average molecular weight is 262 g/mol. The number of hydrogen-bond donors (Lipinski definition) is 2. The minimum atomic E-state index is 0.314. The minimum Gasteiger partial charge on any atom is -0.369 e. The first kappa shape index (κ1) is 13.0. The predicted octanol–water partition coefficient (Wildman–Crippen LogP) is 2.62. The predicted molar refractivity (Wildman–Crippen MR) is 80.0 cm³/mol. The lowest BCUT2D eigenvalue weighted by Gasteiger charge is -2.13. The van der Waals surface area contributed by atoms with Crippen molar-refractivity contribution in [3.8, 4) is 0 Å². The summed E-state index contributed by atoms with van der Waals surface area (Å²) in [5.41, 5.74) is 6.60. The van der Waals surface area contributed by atoms with Crippen molar-refractivity contribution in [3.63, 3.8) is 0 Å². The molecule has 0 fully saturated rings. The van der Waals surface area contributed by atoms with Crippen LogP contribution < -0.4 is 11.1 Å². The summed E-state index contributed by atoms with van der Waals surface area (Å²) >= 11 is 1.85. The van der Waals surface area contributed by atoms with Crippen LogP contribution in [0.1, 0.15) is 6.92 Å². The van der Waals surface area contributed by atoms with Gasteiger partial charge in [-0.25, -0.2) is 4.98 Å². The number of fused-ring (bicyclic) bond motifs is 1. The summed E-state index contributed by atoms with van der Waals surface area (Å²) < 4.78 is 0. The number of hydrogen-bond acceptors (Lipinski definition) is 5. The number of para-hydroxylation sites is 1. The van der Waals surface area contributed by atoms with Crippen LogP contribution in [-0.2, 0) is 0 Å². The first-order valence-electron chi connectivity index (χ1n) is 5.95. The Morgan fingerprint density at radius 2 is 2.11 bits per heavy atom. The highest BCUT2D eigenvalue weighted by molar-refractivity contribution is 7.98. The third kappa shape index (κ3) is 3.04. The van der Waals surface area contributed by atoms with Crippen LogP contribution in [0.15, 0.2) is 24.3 Å². The molecule has 0 aliphatic heterocycles. The van der Waals surface area contributed by atoms with E-state index in [0.717, 1.165) is 29.0 Å². The SMILES string of the molecule is CSCC(C)CNc1nc(N)nc2ccccc12. The molecule has 0 spiro atoms. The Bertz CT molecular complexity index is 529. The van der Waals surface area contributed by atoms with Crippen molar-refractivity contribution < 1.29 is 0 Å². The monoisotopic (exact) mass is 262 g/mol. The molecule has 4 nitrogen and oxygen atoms in total. The van der Waals surface area contributed by atoms with Crippen LogP contribution in [0.2, 0.25) is 0 Å². The molecule has 1 atom stereocenters. The van der Waals surface area contributed by atoms with E-state index in [2.05, 4.69) is 28.5 Å². The van der Waals surface area contributed by atoms with Crippen molar-refractivity contribution in [2.45, 2.75) is 6.92 Å². The normalized spacial score (nSPS) is 12.6. The molecule has 0 aliphatic rings. The summed E-state index contributed by atoms with van der Waals surface area (Å²) in [6.07, 6.45) is 2.12. The highest BCUT2D eigenvalue weighted by atomic mass is 32.2. The second-order valence-electron chi connectivity index (χ2n) is 4.39. The van der Waals surface area contributed by atoms with E-state index < -0.39 is 0 Å². The van der Waals surface area contributed by atoms with E-state index in [9.17, 15) is 0 Å². The molecule has 1 heterocycles. The van der Waals surface area contributed by atoms with Crippen molar-refractivity contribution >= 4 is 34.4 Å². The van der Waals surface area contributed by atoms with Crippen LogP contribution in [0.4, 0.5) is 11.8 Å². The highest BCUT2D eigenvalue weighted by Gasteiger charge is 2.07. The quantitative estimate of drug-likeness (QED) is 0.867. The lowest BCUT2D eigenvalue weighted by Crippen LogP contribution is -2.15. The van der Waals surface area contributed by atoms with Gasteiger partial charge in [0.2, 0.25) is 5.95 Å². The van der Waals surface area contributed by atoms with Crippen molar-refractivity contribution in [3.05, 3.63) is 24.3 Å². The number of nitrogens with two attached hydrogens (primary N) is 1. The van der Waals surface area contributed by atoms with Crippen molar-refractivity contribution in [2.24, 2.45) is 5.92 Å². The van der Waals surface area contributed by atoms with E-state index in [-0.39, 0.29) is 0 Å². The molecule has 18 heavy (non-hydrogen) atoms. The van der Waals surface area contributed by atoms with Gasteiger partial charge in [0, 0.05) is 11.9 Å². The number of thioether (sulfide) groups is 1. The van der Waals surface area contributed by atoms with E-state index in [1.54, 1.807) is 0 Å². The van der Waals surface area contributed by atoms with Crippen LogP contribution in [-0.4, -0.2) is 28.5 Å². The third-order valence-corrected chi connectivity index (χ3v) is 3.59.